The molecule has 0 fully saturated rings. The molecule has 0 atom stereocenters. The molecular weight excluding hydrogens is 298 g/mol. The summed E-state index contributed by atoms with van der Waals surface area (Å²) in [4.78, 5) is 13.9. The Hall–Kier alpha value is -2.95. The summed E-state index contributed by atoms with van der Waals surface area (Å²) in [7, 11) is 2.00. The summed E-state index contributed by atoms with van der Waals surface area (Å²) in [6.45, 7) is 4.28. The molecule has 24 heavy (non-hydrogen) atoms. The molecule has 0 spiro atoms. The van der Waals surface area contributed by atoms with Crippen LogP contribution in [0.25, 0.3) is 22.1 Å². The highest BCUT2D eigenvalue weighted by Gasteiger charge is 2.12. The SMILES string of the molecule is CC(C)n1c(/N=C/c2nc3ccccc3n2C)nc2ccccc21. The Bertz CT molecular complexity index is 1050. The topological polar surface area (TPSA) is 48.0 Å². The number of fused-ring (bicyclic) bond motifs is 2. The second-order valence-electron chi connectivity index (χ2n) is 6.14. The highest BCUT2D eigenvalue weighted by atomic mass is 15.2. The van der Waals surface area contributed by atoms with Gasteiger partial charge < -0.3 is 9.13 Å². The van der Waals surface area contributed by atoms with Gasteiger partial charge in [0.25, 0.3) is 0 Å². The third-order valence-electron chi connectivity index (χ3n) is 4.21. The predicted octanol–water partition coefficient (Wildman–Crippen LogP) is 4.25. The lowest BCUT2D eigenvalue weighted by atomic mass is 10.3. The molecule has 2 aromatic carbocycles. The van der Waals surface area contributed by atoms with Crippen LogP contribution in [0.2, 0.25) is 0 Å². The minimum absolute atomic E-state index is 0.282. The van der Waals surface area contributed by atoms with Crippen molar-refractivity contribution in [1.82, 2.24) is 19.1 Å². The molecule has 0 aliphatic rings. The molecule has 5 nitrogen and oxygen atoms in total. The molecule has 0 saturated heterocycles. The standard InChI is InChI=1S/C19H19N5/c1-13(2)24-17-11-7-5-9-15(17)22-19(24)20-12-18-21-14-8-4-6-10-16(14)23(18)3/h4-13H,1-3H3/b20-12+. The zero-order valence-corrected chi connectivity index (χ0v) is 14.0. The maximum Gasteiger partial charge on any atom is 0.230 e. The van der Waals surface area contributed by atoms with E-state index in [2.05, 4.69) is 45.5 Å². The van der Waals surface area contributed by atoms with Crippen LogP contribution in [-0.4, -0.2) is 25.3 Å². The van der Waals surface area contributed by atoms with E-state index in [9.17, 15) is 0 Å². The summed E-state index contributed by atoms with van der Waals surface area (Å²) >= 11 is 0. The number of aryl methyl sites for hydroxylation is 1. The molecule has 0 saturated carbocycles. The molecule has 0 radical (unpaired) electrons. The van der Waals surface area contributed by atoms with E-state index >= 15 is 0 Å². The van der Waals surface area contributed by atoms with E-state index in [0.717, 1.165) is 27.9 Å². The first-order valence-electron chi connectivity index (χ1n) is 8.07. The van der Waals surface area contributed by atoms with Gasteiger partial charge in [0, 0.05) is 13.1 Å². The van der Waals surface area contributed by atoms with Crippen molar-refractivity contribution < 1.29 is 0 Å². The molecule has 0 aliphatic heterocycles. The normalized spacial score (nSPS) is 12.2. The van der Waals surface area contributed by atoms with Crippen LogP contribution in [0.4, 0.5) is 5.95 Å². The molecule has 5 heteroatoms. The number of aromatic nitrogens is 4. The number of imidazole rings is 2. The van der Waals surface area contributed by atoms with Crippen LogP contribution in [-0.2, 0) is 7.05 Å². The van der Waals surface area contributed by atoms with Gasteiger partial charge in [0.15, 0.2) is 5.82 Å². The monoisotopic (exact) mass is 317 g/mol. The Morgan fingerprint density at radius 2 is 1.54 bits per heavy atom. The number of para-hydroxylation sites is 4. The van der Waals surface area contributed by atoms with Gasteiger partial charge in [-0.3, -0.25) is 0 Å². The quantitative estimate of drug-likeness (QED) is 0.530. The lowest BCUT2D eigenvalue weighted by Gasteiger charge is -2.09. The van der Waals surface area contributed by atoms with Crippen molar-refractivity contribution in [2.75, 3.05) is 0 Å². The van der Waals surface area contributed by atoms with Crippen LogP contribution in [0.15, 0.2) is 53.5 Å². The third kappa shape index (κ3) is 2.29. The first-order valence-corrected chi connectivity index (χ1v) is 8.07. The zero-order chi connectivity index (χ0) is 16.7. The molecule has 4 rings (SSSR count). The lowest BCUT2D eigenvalue weighted by Crippen LogP contribution is -2.01. The molecular formula is C19H19N5. The largest absolute Gasteiger partial charge is 0.326 e. The molecule has 4 aromatic rings. The van der Waals surface area contributed by atoms with Crippen LogP contribution in [0.5, 0.6) is 0 Å². The molecule has 0 aliphatic carbocycles. The van der Waals surface area contributed by atoms with E-state index in [1.165, 1.54) is 0 Å². The van der Waals surface area contributed by atoms with Gasteiger partial charge in [0.2, 0.25) is 5.95 Å². The smallest absolute Gasteiger partial charge is 0.230 e. The Balaban J connectivity index is 1.82. The maximum atomic E-state index is 4.66. The van der Waals surface area contributed by atoms with Gasteiger partial charge in [0.1, 0.15) is 0 Å². The average molecular weight is 317 g/mol. The van der Waals surface area contributed by atoms with Crippen molar-refractivity contribution in [3.63, 3.8) is 0 Å². The van der Waals surface area contributed by atoms with E-state index in [-0.39, 0.29) is 6.04 Å². The van der Waals surface area contributed by atoms with Gasteiger partial charge in [-0.05, 0) is 38.1 Å². The molecule has 2 heterocycles. The van der Waals surface area contributed by atoms with Crippen LogP contribution in [0, 0.1) is 0 Å². The fourth-order valence-electron chi connectivity index (χ4n) is 3.03. The van der Waals surface area contributed by atoms with Gasteiger partial charge in [-0.2, -0.15) is 0 Å². The zero-order valence-electron chi connectivity index (χ0n) is 14.0. The maximum absolute atomic E-state index is 4.66. The fourth-order valence-corrected chi connectivity index (χ4v) is 3.03. The van der Waals surface area contributed by atoms with Gasteiger partial charge in [-0.15, -0.1) is 0 Å². The van der Waals surface area contributed by atoms with Crippen molar-refractivity contribution in [2.24, 2.45) is 12.0 Å². The summed E-state index contributed by atoms with van der Waals surface area (Å²) in [6.07, 6.45) is 1.79. The Labute approximate surface area is 140 Å². The molecule has 0 bridgehead atoms. The van der Waals surface area contributed by atoms with Crippen LogP contribution in [0.3, 0.4) is 0 Å². The molecule has 0 amide bonds. The van der Waals surface area contributed by atoms with Crippen molar-refractivity contribution in [1.29, 1.82) is 0 Å². The van der Waals surface area contributed by atoms with Gasteiger partial charge in [-0.1, -0.05) is 24.3 Å². The van der Waals surface area contributed by atoms with E-state index in [4.69, 9.17) is 0 Å². The Morgan fingerprint density at radius 3 is 2.21 bits per heavy atom. The Morgan fingerprint density at radius 1 is 0.917 bits per heavy atom. The summed E-state index contributed by atoms with van der Waals surface area (Å²) in [5.74, 6) is 1.52. The van der Waals surface area contributed by atoms with E-state index in [1.54, 1.807) is 6.21 Å². The van der Waals surface area contributed by atoms with Crippen LogP contribution < -0.4 is 0 Å². The fraction of sp³-hybridized carbons (Fsp3) is 0.211. The van der Waals surface area contributed by atoms with E-state index in [0.29, 0.717) is 5.95 Å². The predicted molar refractivity (Wildman–Crippen MR) is 98.1 cm³/mol. The van der Waals surface area contributed by atoms with Crippen LogP contribution >= 0.6 is 0 Å². The van der Waals surface area contributed by atoms with Crippen molar-refractivity contribution in [2.45, 2.75) is 19.9 Å². The minimum Gasteiger partial charge on any atom is -0.326 e. The summed E-state index contributed by atoms with van der Waals surface area (Å²) in [6, 6.07) is 16.5. The number of hydrogen-bond acceptors (Lipinski definition) is 3. The lowest BCUT2D eigenvalue weighted by molar-refractivity contribution is 0.622. The average Bonchev–Trinajstić information content (AvgIpc) is 3.11. The third-order valence-corrected chi connectivity index (χ3v) is 4.21. The number of nitrogens with zero attached hydrogens (tertiary/aromatic N) is 5. The first-order chi connectivity index (χ1) is 11.6. The van der Waals surface area contributed by atoms with Crippen LogP contribution in [0.1, 0.15) is 25.7 Å². The highest BCUT2D eigenvalue weighted by molar-refractivity contribution is 5.86. The van der Waals surface area contributed by atoms with Crippen molar-refractivity contribution >= 4 is 34.2 Å². The molecule has 2 aromatic heterocycles. The minimum atomic E-state index is 0.282. The Kier molecular flexibility index (Phi) is 3.41. The first kappa shape index (κ1) is 14.6. The summed E-state index contributed by atoms with van der Waals surface area (Å²) < 4.78 is 4.19. The molecule has 0 unspecified atom stereocenters. The number of rotatable bonds is 3. The van der Waals surface area contributed by atoms with E-state index in [1.807, 2.05) is 48.0 Å². The number of aliphatic imine (C=N–C) groups is 1. The second kappa shape index (κ2) is 5.60. The number of benzene rings is 2. The van der Waals surface area contributed by atoms with Crippen molar-refractivity contribution in [3.8, 4) is 0 Å². The van der Waals surface area contributed by atoms with E-state index < -0.39 is 0 Å². The van der Waals surface area contributed by atoms with Gasteiger partial charge in [0.05, 0.1) is 28.3 Å². The molecule has 120 valence electrons. The summed E-state index contributed by atoms with van der Waals surface area (Å²) in [5.41, 5.74) is 4.13. The molecule has 0 N–H and O–H groups in total. The highest BCUT2D eigenvalue weighted by Crippen LogP contribution is 2.26. The van der Waals surface area contributed by atoms with Gasteiger partial charge >= 0.3 is 0 Å². The number of hydrogen-bond donors (Lipinski definition) is 0. The van der Waals surface area contributed by atoms with Crippen molar-refractivity contribution in [3.05, 3.63) is 54.4 Å². The second-order valence-corrected chi connectivity index (χ2v) is 6.14. The summed E-state index contributed by atoms with van der Waals surface area (Å²) in [5, 5.41) is 0. The van der Waals surface area contributed by atoms with Gasteiger partial charge in [-0.25, -0.2) is 15.0 Å².